The van der Waals surface area contributed by atoms with Gasteiger partial charge in [0, 0.05) is 39.3 Å². The van der Waals surface area contributed by atoms with Crippen molar-refractivity contribution in [3.63, 3.8) is 0 Å². The number of benzene rings is 1. The number of piperazine rings is 1. The van der Waals surface area contributed by atoms with Gasteiger partial charge in [-0.15, -0.1) is 0 Å². The summed E-state index contributed by atoms with van der Waals surface area (Å²) in [6.07, 6.45) is 0.790. The van der Waals surface area contributed by atoms with Crippen molar-refractivity contribution in [1.29, 1.82) is 0 Å². The Morgan fingerprint density at radius 2 is 1.74 bits per heavy atom. The summed E-state index contributed by atoms with van der Waals surface area (Å²) in [5, 5.41) is 9.35. The third-order valence-electron chi connectivity index (χ3n) is 4.92. The van der Waals surface area contributed by atoms with Crippen LogP contribution in [0.2, 0.25) is 0 Å². The molecule has 1 saturated heterocycles. The zero-order chi connectivity index (χ0) is 17.0. The summed E-state index contributed by atoms with van der Waals surface area (Å²) in [6.45, 7) is 8.01. The van der Waals surface area contributed by atoms with E-state index in [-0.39, 0.29) is 23.7 Å². The molecule has 5 heteroatoms. The topological polar surface area (TPSA) is 47.0 Å². The van der Waals surface area contributed by atoms with Crippen LogP contribution in [0.25, 0.3) is 0 Å². The average molecular weight is 319 g/mol. The van der Waals surface area contributed by atoms with Gasteiger partial charge in [-0.05, 0) is 45.0 Å². The standard InChI is InChI=1S/C18H29N3O2/c1-14(13-16-5-7-17(22)8-6-16)20(4)18(23)15(2)21-11-9-19(3)10-12-21/h5-8,14-15,22H,9-13H2,1-4H3. The molecular weight excluding hydrogens is 290 g/mol. The molecule has 23 heavy (non-hydrogen) atoms. The van der Waals surface area contributed by atoms with Crippen molar-refractivity contribution in [2.75, 3.05) is 40.3 Å². The monoisotopic (exact) mass is 319 g/mol. The molecule has 2 unspecified atom stereocenters. The van der Waals surface area contributed by atoms with Gasteiger partial charge in [-0.2, -0.15) is 0 Å². The number of hydrogen-bond donors (Lipinski definition) is 1. The summed E-state index contributed by atoms with van der Waals surface area (Å²) < 4.78 is 0. The Labute approximate surface area is 139 Å². The number of nitrogens with zero attached hydrogens (tertiary/aromatic N) is 3. The predicted octanol–water partition coefficient (Wildman–Crippen LogP) is 1.42. The molecule has 0 radical (unpaired) electrons. The van der Waals surface area contributed by atoms with Gasteiger partial charge in [0.15, 0.2) is 0 Å². The molecule has 1 fully saturated rings. The largest absolute Gasteiger partial charge is 0.508 e. The van der Waals surface area contributed by atoms with Gasteiger partial charge < -0.3 is 14.9 Å². The van der Waals surface area contributed by atoms with Crippen molar-refractivity contribution in [1.82, 2.24) is 14.7 Å². The van der Waals surface area contributed by atoms with E-state index < -0.39 is 0 Å². The Morgan fingerprint density at radius 1 is 1.17 bits per heavy atom. The molecule has 1 aromatic rings. The SMILES string of the molecule is CC(C(=O)N(C)C(C)Cc1ccc(O)cc1)N1CCN(C)CC1. The number of hydrogen-bond acceptors (Lipinski definition) is 4. The van der Waals surface area contributed by atoms with Crippen LogP contribution < -0.4 is 0 Å². The number of phenolic OH excluding ortho intramolecular Hbond substituents is 1. The summed E-state index contributed by atoms with van der Waals surface area (Å²) in [4.78, 5) is 19.2. The van der Waals surface area contributed by atoms with E-state index in [1.165, 1.54) is 0 Å². The van der Waals surface area contributed by atoms with Crippen molar-refractivity contribution in [2.45, 2.75) is 32.4 Å². The molecule has 2 rings (SSSR count). The number of carbonyl (C=O) groups excluding carboxylic acids is 1. The van der Waals surface area contributed by atoms with Crippen molar-refractivity contribution in [2.24, 2.45) is 0 Å². The molecule has 0 bridgehead atoms. The summed E-state index contributed by atoms with van der Waals surface area (Å²) in [6, 6.07) is 7.26. The van der Waals surface area contributed by atoms with Crippen LogP contribution in [-0.2, 0) is 11.2 Å². The Bertz CT molecular complexity index is 510. The maximum absolute atomic E-state index is 12.7. The van der Waals surface area contributed by atoms with Crippen molar-refractivity contribution < 1.29 is 9.90 Å². The highest BCUT2D eigenvalue weighted by Crippen LogP contribution is 2.15. The molecule has 5 nitrogen and oxygen atoms in total. The molecule has 2 atom stereocenters. The van der Waals surface area contributed by atoms with Crippen LogP contribution in [0.15, 0.2) is 24.3 Å². The average Bonchev–Trinajstić information content (AvgIpc) is 2.55. The van der Waals surface area contributed by atoms with E-state index >= 15 is 0 Å². The number of aromatic hydroxyl groups is 1. The number of phenols is 1. The molecule has 0 saturated carbocycles. The highest BCUT2D eigenvalue weighted by molar-refractivity contribution is 5.81. The lowest BCUT2D eigenvalue weighted by Crippen LogP contribution is -2.54. The van der Waals surface area contributed by atoms with Crippen LogP contribution in [0.3, 0.4) is 0 Å². The van der Waals surface area contributed by atoms with Gasteiger partial charge in [0.2, 0.25) is 5.91 Å². The second-order valence-electron chi connectivity index (χ2n) is 6.68. The van der Waals surface area contributed by atoms with Crippen LogP contribution >= 0.6 is 0 Å². The minimum absolute atomic E-state index is 0.0732. The first-order valence-electron chi connectivity index (χ1n) is 8.35. The van der Waals surface area contributed by atoms with Crippen LogP contribution in [0.5, 0.6) is 5.75 Å². The lowest BCUT2D eigenvalue weighted by atomic mass is 10.1. The normalized spacial score (nSPS) is 19.3. The minimum Gasteiger partial charge on any atom is -0.508 e. The fourth-order valence-corrected chi connectivity index (χ4v) is 2.99. The maximum atomic E-state index is 12.7. The van der Waals surface area contributed by atoms with E-state index in [2.05, 4.69) is 23.8 Å². The summed E-state index contributed by atoms with van der Waals surface area (Å²) >= 11 is 0. The number of likely N-dealkylation sites (N-methyl/N-ethyl adjacent to an activating group) is 2. The highest BCUT2D eigenvalue weighted by atomic mass is 16.3. The highest BCUT2D eigenvalue weighted by Gasteiger charge is 2.28. The molecule has 128 valence electrons. The Hall–Kier alpha value is -1.59. The van der Waals surface area contributed by atoms with E-state index in [0.717, 1.165) is 38.2 Å². The zero-order valence-electron chi connectivity index (χ0n) is 14.7. The van der Waals surface area contributed by atoms with Gasteiger partial charge in [-0.3, -0.25) is 9.69 Å². The molecule has 0 spiro atoms. The molecular formula is C18H29N3O2. The smallest absolute Gasteiger partial charge is 0.239 e. The lowest BCUT2D eigenvalue weighted by Gasteiger charge is -2.38. The maximum Gasteiger partial charge on any atom is 0.239 e. The van der Waals surface area contributed by atoms with Crippen LogP contribution in [0, 0.1) is 0 Å². The molecule has 1 aliphatic rings. The third-order valence-corrected chi connectivity index (χ3v) is 4.92. The van der Waals surface area contributed by atoms with E-state index in [0.29, 0.717) is 0 Å². The molecule has 1 amide bonds. The fourth-order valence-electron chi connectivity index (χ4n) is 2.99. The van der Waals surface area contributed by atoms with Crippen molar-refractivity contribution in [3.8, 4) is 5.75 Å². The van der Waals surface area contributed by atoms with Crippen molar-refractivity contribution >= 4 is 5.91 Å². The van der Waals surface area contributed by atoms with E-state index in [4.69, 9.17) is 0 Å². The Kier molecular flexibility index (Phi) is 6.02. The van der Waals surface area contributed by atoms with Gasteiger partial charge in [0.1, 0.15) is 5.75 Å². The summed E-state index contributed by atoms with van der Waals surface area (Å²) in [7, 11) is 4.01. The van der Waals surface area contributed by atoms with E-state index in [9.17, 15) is 9.90 Å². The van der Waals surface area contributed by atoms with E-state index in [1.54, 1.807) is 12.1 Å². The van der Waals surface area contributed by atoms with Gasteiger partial charge in [0.25, 0.3) is 0 Å². The van der Waals surface area contributed by atoms with Crippen LogP contribution in [-0.4, -0.2) is 78.1 Å². The number of amides is 1. The van der Waals surface area contributed by atoms with E-state index in [1.807, 2.05) is 31.0 Å². The Morgan fingerprint density at radius 3 is 2.30 bits per heavy atom. The first-order chi connectivity index (χ1) is 10.9. The predicted molar refractivity (Wildman–Crippen MR) is 92.6 cm³/mol. The number of rotatable bonds is 5. The second kappa shape index (κ2) is 7.79. The van der Waals surface area contributed by atoms with Crippen LogP contribution in [0.4, 0.5) is 0 Å². The summed E-state index contributed by atoms with van der Waals surface area (Å²) in [5.74, 6) is 0.454. The van der Waals surface area contributed by atoms with Gasteiger partial charge in [0.05, 0.1) is 6.04 Å². The first kappa shape index (κ1) is 17.8. The number of carbonyl (C=O) groups is 1. The lowest BCUT2D eigenvalue weighted by molar-refractivity contribution is -0.137. The van der Waals surface area contributed by atoms with Crippen molar-refractivity contribution in [3.05, 3.63) is 29.8 Å². The quantitative estimate of drug-likeness (QED) is 0.892. The Balaban J connectivity index is 1.91. The molecule has 1 aromatic carbocycles. The molecule has 1 N–H and O–H groups in total. The second-order valence-corrected chi connectivity index (χ2v) is 6.68. The molecule has 1 aliphatic heterocycles. The zero-order valence-corrected chi connectivity index (χ0v) is 14.7. The minimum atomic E-state index is -0.0732. The molecule has 0 aromatic heterocycles. The summed E-state index contributed by atoms with van der Waals surface area (Å²) in [5.41, 5.74) is 1.13. The van der Waals surface area contributed by atoms with Gasteiger partial charge in [-0.1, -0.05) is 12.1 Å². The molecule has 1 heterocycles. The first-order valence-corrected chi connectivity index (χ1v) is 8.35. The van der Waals surface area contributed by atoms with Gasteiger partial charge >= 0.3 is 0 Å². The molecule has 0 aliphatic carbocycles. The van der Waals surface area contributed by atoms with Gasteiger partial charge in [-0.25, -0.2) is 0 Å². The third kappa shape index (κ3) is 4.69. The fraction of sp³-hybridized carbons (Fsp3) is 0.611. The van der Waals surface area contributed by atoms with Crippen LogP contribution in [0.1, 0.15) is 19.4 Å².